The number of carbonyl (C=O) groups is 1. The molecule has 2 aromatic rings. The molecule has 0 aromatic heterocycles. The topological polar surface area (TPSA) is 17.1 Å². The molecule has 2 rings (SSSR count). The Kier molecular flexibility index (Phi) is 4.44. The lowest BCUT2D eigenvalue weighted by atomic mass is 10.0. The molecule has 0 saturated heterocycles. The van der Waals surface area contributed by atoms with E-state index in [9.17, 15) is 4.79 Å². The largest absolute Gasteiger partial charge is 0.292 e. The van der Waals surface area contributed by atoms with E-state index in [2.05, 4.69) is 15.9 Å². The smallest absolute Gasteiger partial charge is 0.185 e. The number of hydrogen-bond donors (Lipinski definition) is 0. The van der Waals surface area contributed by atoms with Crippen LogP contribution >= 0.6 is 39.1 Å². The first kappa shape index (κ1) is 13.6. The molecule has 0 radical (unpaired) electrons. The van der Waals surface area contributed by atoms with Crippen LogP contribution in [0.2, 0.25) is 5.02 Å². The molecule has 0 saturated carbocycles. The third-order valence-corrected chi connectivity index (χ3v) is 4.19. The lowest BCUT2D eigenvalue weighted by molar-refractivity contribution is 0.0987. The Morgan fingerprint density at radius 1 is 1.11 bits per heavy atom. The first-order valence-corrected chi connectivity index (χ1v) is 6.88. The summed E-state index contributed by atoms with van der Waals surface area (Å²) in [5.74, 6) is -0.139. The van der Waals surface area contributed by atoms with Gasteiger partial charge in [0.05, 0.1) is 5.02 Å². The van der Waals surface area contributed by atoms with Crippen molar-refractivity contribution in [2.45, 2.75) is 5.38 Å². The van der Waals surface area contributed by atoms with E-state index in [0.29, 0.717) is 15.1 Å². The van der Waals surface area contributed by atoms with E-state index in [1.807, 2.05) is 30.3 Å². The van der Waals surface area contributed by atoms with Crippen molar-refractivity contribution >= 4 is 44.9 Å². The zero-order valence-corrected chi connectivity index (χ0v) is 12.3. The summed E-state index contributed by atoms with van der Waals surface area (Å²) < 4.78 is 0.687. The van der Waals surface area contributed by atoms with Crippen LogP contribution in [-0.4, -0.2) is 5.78 Å². The van der Waals surface area contributed by atoms with Gasteiger partial charge in [-0.25, -0.2) is 0 Å². The number of Topliss-reactive ketones (excluding diaryl/α,β-unsaturated/α-hetero) is 1. The molecule has 0 spiro atoms. The summed E-state index contributed by atoms with van der Waals surface area (Å²) in [5.41, 5.74) is 1.32. The monoisotopic (exact) mass is 342 g/mol. The van der Waals surface area contributed by atoms with E-state index in [1.54, 1.807) is 18.2 Å². The Morgan fingerprint density at radius 2 is 1.78 bits per heavy atom. The van der Waals surface area contributed by atoms with E-state index in [1.165, 1.54) is 0 Å². The summed E-state index contributed by atoms with van der Waals surface area (Å²) in [6, 6.07) is 14.3. The maximum absolute atomic E-state index is 12.2. The second kappa shape index (κ2) is 5.87. The van der Waals surface area contributed by atoms with Gasteiger partial charge in [-0.2, -0.15) is 0 Å². The fourth-order valence-corrected chi connectivity index (χ4v) is 2.34. The molecule has 2 aromatic carbocycles. The standard InChI is InChI=1S/C14H9BrCl2O/c15-11-8-10(6-7-12(11)16)14(18)13(17)9-4-2-1-3-5-9/h1-8,13H. The number of halogens is 3. The molecule has 18 heavy (non-hydrogen) atoms. The molecule has 0 amide bonds. The Hall–Kier alpha value is -0.830. The molecule has 92 valence electrons. The molecule has 0 aliphatic heterocycles. The van der Waals surface area contributed by atoms with E-state index in [4.69, 9.17) is 23.2 Å². The number of alkyl halides is 1. The van der Waals surface area contributed by atoms with Crippen molar-refractivity contribution in [1.29, 1.82) is 0 Å². The van der Waals surface area contributed by atoms with Crippen molar-refractivity contribution in [3.63, 3.8) is 0 Å². The molecule has 0 bridgehead atoms. The van der Waals surface area contributed by atoms with Crippen molar-refractivity contribution in [1.82, 2.24) is 0 Å². The number of hydrogen-bond acceptors (Lipinski definition) is 1. The Labute approximate surface area is 124 Å². The molecule has 0 N–H and O–H groups in total. The van der Waals surface area contributed by atoms with E-state index in [0.717, 1.165) is 5.56 Å². The lowest BCUT2D eigenvalue weighted by Crippen LogP contribution is -2.07. The molecule has 0 heterocycles. The Bertz CT molecular complexity index is 569. The highest BCUT2D eigenvalue weighted by Gasteiger charge is 2.19. The van der Waals surface area contributed by atoms with Gasteiger partial charge in [0.1, 0.15) is 5.38 Å². The van der Waals surface area contributed by atoms with Crippen LogP contribution in [0.25, 0.3) is 0 Å². The van der Waals surface area contributed by atoms with Gasteiger partial charge >= 0.3 is 0 Å². The molecule has 0 aliphatic carbocycles. The highest BCUT2D eigenvalue weighted by molar-refractivity contribution is 9.10. The van der Waals surface area contributed by atoms with Crippen LogP contribution in [0.4, 0.5) is 0 Å². The van der Waals surface area contributed by atoms with Crippen molar-refractivity contribution in [3.05, 3.63) is 69.2 Å². The molecule has 4 heteroatoms. The summed E-state index contributed by atoms with van der Waals surface area (Å²) >= 11 is 15.4. The zero-order valence-electron chi connectivity index (χ0n) is 9.24. The van der Waals surface area contributed by atoms with Gasteiger partial charge in [0.15, 0.2) is 5.78 Å². The quantitative estimate of drug-likeness (QED) is 0.548. The third kappa shape index (κ3) is 2.94. The van der Waals surface area contributed by atoms with Crippen LogP contribution in [0.3, 0.4) is 0 Å². The van der Waals surface area contributed by atoms with Gasteiger partial charge in [0.25, 0.3) is 0 Å². The van der Waals surface area contributed by atoms with Gasteiger partial charge in [-0.1, -0.05) is 41.9 Å². The SMILES string of the molecule is O=C(c1ccc(Cl)c(Br)c1)C(Cl)c1ccccc1. The number of rotatable bonds is 3. The van der Waals surface area contributed by atoms with Gasteiger partial charge in [-0.3, -0.25) is 4.79 Å². The molecule has 1 nitrogen and oxygen atoms in total. The molecule has 0 aliphatic rings. The first-order valence-electron chi connectivity index (χ1n) is 5.28. The average molecular weight is 344 g/mol. The Balaban J connectivity index is 2.29. The molecular formula is C14H9BrCl2O. The average Bonchev–Trinajstić information content (AvgIpc) is 2.41. The van der Waals surface area contributed by atoms with Crippen LogP contribution in [-0.2, 0) is 0 Å². The Morgan fingerprint density at radius 3 is 2.39 bits per heavy atom. The highest BCUT2D eigenvalue weighted by Crippen LogP contribution is 2.28. The molecule has 1 unspecified atom stereocenters. The second-order valence-corrected chi connectivity index (χ2v) is 5.46. The minimum absolute atomic E-state index is 0.139. The number of ketones is 1. The van der Waals surface area contributed by atoms with Crippen LogP contribution in [0, 0.1) is 0 Å². The van der Waals surface area contributed by atoms with Crippen LogP contribution in [0.1, 0.15) is 21.3 Å². The van der Waals surface area contributed by atoms with Crippen LogP contribution < -0.4 is 0 Å². The third-order valence-electron chi connectivity index (χ3n) is 2.53. The van der Waals surface area contributed by atoms with Crippen molar-refractivity contribution < 1.29 is 4.79 Å². The van der Waals surface area contributed by atoms with Gasteiger partial charge in [0, 0.05) is 10.0 Å². The van der Waals surface area contributed by atoms with Gasteiger partial charge in [0.2, 0.25) is 0 Å². The van der Waals surface area contributed by atoms with Crippen LogP contribution in [0.5, 0.6) is 0 Å². The predicted molar refractivity (Wildman–Crippen MR) is 78.5 cm³/mol. The fraction of sp³-hybridized carbons (Fsp3) is 0.0714. The molecule has 0 fully saturated rings. The van der Waals surface area contributed by atoms with Gasteiger partial charge < -0.3 is 0 Å². The van der Waals surface area contributed by atoms with Gasteiger partial charge in [-0.15, -0.1) is 11.6 Å². The summed E-state index contributed by atoms with van der Waals surface area (Å²) in [6.07, 6.45) is 0. The minimum atomic E-state index is -0.681. The zero-order chi connectivity index (χ0) is 13.1. The highest BCUT2D eigenvalue weighted by atomic mass is 79.9. The second-order valence-electron chi connectivity index (χ2n) is 3.77. The van der Waals surface area contributed by atoms with Gasteiger partial charge in [-0.05, 0) is 39.7 Å². The van der Waals surface area contributed by atoms with E-state index >= 15 is 0 Å². The van der Waals surface area contributed by atoms with E-state index in [-0.39, 0.29) is 5.78 Å². The van der Waals surface area contributed by atoms with Crippen molar-refractivity contribution in [2.75, 3.05) is 0 Å². The maximum Gasteiger partial charge on any atom is 0.185 e. The summed E-state index contributed by atoms with van der Waals surface area (Å²) in [6.45, 7) is 0. The minimum Gasteiger partial charge on any atom is -0.292 e. The lowest BCUT2D eigenvalue weighted by Gasteiger charge is -2.09. The fourth-order valence-electron chi connectivity index (χ4n) is 1.57. The number of benzene rings is 2. The normalized spacial score (nSPS) is 12.2. The van der Waals surface area contributed by atoms with E-state index < -0.39 is 5.38 Å². The van der Waals surface area contributed by atoms with Crippen molar-refractivity contribution in [2.24, 2.45) is 0 Å². The maximum atomic E-state index is 12.2. The van der Waals surface area contributed by atoms with Crippen molar-refractivity contribution in [3.8, 4) is 0 Å². The summed E-state index contributed by atoms with van der Waals surface area (Å²) in [5, 5.41) is -0.114. The summed E-state index contributed by atoms with van der Waals surface area (Å²) in [4.78, 5) is 12.2. The summed E-state index contributed by atoms with van der Waals surface area (Å²) in [7, 11) is 0. The molecule has 1 atom stereocenters. The number of carbonyl (C=O) groups excluding carboxylic acids is 1. The first-order chi connectivity index (χ1) is 8.59. The predicted octanol–water partition coefficient (Wildman–Crippen LogP) is 5.27. The molecular weight excluding hydrogens is 335 g/mol. The van der Waals surface area contributed by atoms with Crippen LogP contribution in [0.15, 0.2) is 53.0 Å².